The molecule has 0 unspecified atom stereocenters. The van der Waals surface area contributed by atoms with Crippen LogP contribution in [-0.4, -0.2) is 25.0 Å². The number of aliphatic imine (C=N–C) groups is 1. The van der Waals surface area contributed by atoms with Gasteiger partial charge in [-0.2, -0.15) is 0 Å². The van der Waals surface area contributed by atoms with E-state index in [0.717, 1.165) is 31.1 Å². The van der Waals surface area contributed by atoms with Gasteiger partial charge in [0.2, 0.25) is 0 Å². The number of amidine groups is 1. The molecule has 1 aliphatic heterocycles. The molecule has 1 aromatic carbocycles. The molecule has 0 bridgehead atoms. The molecule has 1 aromatic rings. The lowest BCUT2D eigenvalue weighted by Gasteiger charge is -2.23. The molecule has 1 N–H and O–H groups in total. The first-order valence-electron chi connectivity index (χ1n) is 6.19. The summed E-state index contributed by atoms with van der Waals surface area (Å²) >= 11 is 0. The third-order valence-corrected chi connectivity index (χ3v) is 3.01. The molecule has 0 aromatic heterocycles. The van der Waals surface area contributed by atoms with Crippen LogP contribution in [0.5, 0.6) is 5.75 Å². The van der Waals surface area contributed by atoms with Gasteiger partial charge in [0, 0.05) is 13.1 Å². The fraction of sp³-hybridized carbons (Fsp3) is 0.500. The first-order valence-corrected chi connectivity index (χ1v) is 6.19. The standard InChI is InChI=1S/C14H20N2O/c1-10-6-4-7-11(2)13(10)17-12(3)14-15-8-5-9-16-14/h4,6-7,12H,5,8-9H2,1-3H3,(H,15,16)/t12-/m1/s1. The zero-order chi connectivity index (χ0) is 12.3. The predicted molar refractivity (Wildman–Crippen MR) is 70.9 cm³/mol. The smallest absolute Gasteiger partial charge is 0.152 e. The molecule has 92 valence electrons. The van der Waals surface area contributed by atoms with Gasteiger partial charge in [0.1, 0.15) is 11.6 Å². The lowest BCUT2D eigenvalue weighted by molar-refractivity contribution is 0.277. The number of rotatable bonds is 3. The van der Waals surface area contributed by atoms with Crippen LogP contribution in [0.2, 0.25) is 0 Å². The Morgan fingerprint density at radius 1 is 1.29 bits per heavy atom. The molecule has 0 aliphatic carbocycles. The van der Waals surface area contributed by atoms with Crippen molar-refractivity contribution in [2.24, 2.45) is 4.99 Å². The van der Waals surface area contributed by atoms with Crippen molar-refractivity contribution >= 4 is 5.84 Å². The van der Waals surface area contributed by atoms with Gasteiger partial charge in [-0.3, -0.25) is 4.99 Å². The van der Waals surface area contributed by atoms with Crippen LogP contribution >= 0.6 is 0 Å². The van der Waals surface area contributed by atoms with Gasteiger partial charge in [0.15, 0.2) is 6.10 Å². The minimum atomic E-state index is -0.00454. The first-order chi connectivity index (χ1) is 8.18. The predicted octanol–water partition coefficient (Wildman–Crippen LogP) is 2.46. The SMILES string of the molecule is Cc1cccc(C)c1O[C@H](C)C1=NCCCN1. The van der Waals surface area contributed by atoms with E-state index in [0.29, 0.717) is 0 Å². The Balaban J connectivity index is 2.12. The number of hydrogen-bond donors (Lipinski definition) is 1. The number of nitrogens with one attached hydrogen (secondary N) is 1. The zero-order valence-corrected chi connectivity index (χ0v) is 10.8. The number of aryl methyl sites for hydroxylation is 2. The summed E-state index contributed by atoms with van der Waals surface area (Å²) in [6.45, 7) is 8.10. The van der Waals surface area contributed by atoms with E-state index in [4.69, 9.17) is 4.74 Å². The summed E-state index contributed by atoms with van der Waals surface area (Å²) in [5.74, 6) is 1.95. The summed E-state index contributed by atoms with van der Waals surface area (Å²) in [6, 6.07) is 6.20. The molecule has 0 saturated carbocycles. The number of benzene rings is 1. The van der Waals surface area contributed by atoms with E-state index in [1.807, 2.05) is 6.92 Å². The van der Waals surface area contributed by atoms with E-state index >= 15 is 0 Å². The Morgan fingerprint density at radius 2 is 2.00 bits per heavy atom. The van der Waals surface area contributed by atoms with Gasteiger partial charge in [0.05, 0.1) is 0 Å². The van der Waals surface area contributed by atoms with Crippen LogP contribution in [0, 0.1) is 13.8 Å². The van der Waals surface area contributed by atoms with Gasteiger partial charge in [-0.15, -0.1) is 0 Å². The largest absolute Gasteiger partial charge is 0.482 e. The van der Waals surface area contributed by atoms with Gasteiger partial charge < -0.3 is 10.1 Å². The highest BCUT2D eigenvalue weighted by Gasteiger charge is 2.16. The van der Waals surface area contributed by atoms with Gasteiger partial charge in [-0.1, -0.05) is 18.2 Å². The zero-order valence-electron chi connectivity index (χ0n) is 10.8. The third-order valence-electron chi connectivity index (χ3n) is 3.01. The number of hydrogen-bond acceptors (Lipinski definition) is 3. The average molecular weight is 232 g/mol. The van der Waals surface area contributed by atoms with Gasteiger partial charge in [-0.25, -0.2) is 0 Å². The quantitative estimate of drug-likeness (QED) is 0.868. The molecule has 0 saturated heterocycles. The van der Waals surface area contributed by atoms with Crippen LogP contribution in [0.15, 0.2) is 23.2 Å². The number of ether oxygens (including phenoxy) is 1. The van der Waals surface area contributed by atoms with Crippen molar-refractivity contribution in [3.8, 4) is 5.75 Å². The molecule has 0 amide bonds. The summed E-state index contributed by atoms with van der Waals surface area (Å²) in [7, 11) is 0. The molecular formula is C14H20N2O. The van der Waals surface area contributed by atoms with Crippen LogP contribution in [0.3, 0.4) is 0 Å². The van der Waals surface area contributed by atoms with Crippen LogP contribution in [-0.2, 0) is 0 Å². The van der Waals surface area contributed by atoms with Gasteiger partial charge in [-0.05, 0) is 38.3 Å². The molecule has 1 aliphatic rings. The first kappa shape index (κ1) is 12.0. The highest BCUT2D eigenvalue weighted by molar-refractivity contribution is 5.87. The molecule has 1 atom stereocenters. The second-order valence-corrected chi connectivity index (χ2v) is 4.53. The Morgan fingerprint density at radius 3 is 2.59 bits per heavy atom. The summed E-state index contributed by atoms with van der Waals surface area (Å²) < 4.78 is 6.02. The van der Waals surface area contributed by atoms with E-state index in [9.17, 15) is 0 Å². The van der Waals surface area contributed by atoms with Crippen LogP contribution in [0.25, 0.3) is 0 Å². The van der Waals surface area contributed by atoms with Gasteiger partial charge in [0.25, 0.3) is 0 Å². The topological polar surface area (TPSA) is 33.6 Å². The second kappa shape index (κ2) is 5.21. The molecular weight excluding hydrogens is 212 g/mol. The maximum Gasteiger partial charge on any atom is 0.152 e. The van der Waals surface area contributed by atoms with Crippen molar-refractivity contribution in [3.63, 3.8) is 0 Å². The number of nitrogens with zero attached hydrogens (tertiary/aromatic N) is 1. The lowest BCUT2D eigenvalue weighted by atomic mass is 10.1. The summed E-state index contributed by atoms with van der Waals surface area (Å²) in [5, 5.41) is 3.30. The summed E-state index contributed by atoms with van der Waals surface area (Å²) in [5.41, 5.74) is 2.35. The molecule has 17 heavy (non-hydrogen) atoms. The van der Waals surface area contributed by atoms with Crippen molar-refractivity contribution in [2.75, 3.05) is 13.1 Å². The van der Waals surface area contributed by atoms with Crippen molar-refractivity contribution in [3.05, 3.63) is 29.3 Å². The Bertz CT molecular complexity index is 406. The minimum absolute atomic E-state index is 0.00454. The van der Waals surface area contributed by atoms with Crippen molar-refractivity contribution in [1.29, 1.82) is 0 Å². The Labute approximate surface area is 103 Å². The third kappa shape index (κ3) is 2.78. The summed E-state index contributed by atoms with van der Waals surface area (Å²) in [4.78, 5) is 4.47. The van der Waals surface area contributed by atoms with E-state index in [1.54, 1.807) is 0 Å². The maximum atomic E-state index is 6.02. The van der Waals surface area contributed by atoms with Crippen molar-refractivity contribution in [1.82, 2.24) is 5.32 Å². The fourth-order valence-corrected chi connectivity index (χ4v) is 2.04. The van der Waals surface area contributed by atoms with Crippen LogP contribution < -0.4 is 10.1 Å². The number of para-hydroxylation sites is 1. The second-order valence-electron chi connectivity index (χ2n) is 4.53. The average Bonchev–Trinajstić information content (AvgIpc) is 2.35. The van der Waals surface area contributed by atoms with E-state index in [1.165, 1.54) is 11.1 Å². The maximum absolute atomic E-state index is 6.02. The van der Waals surface area contributed by atoms with E-state index < -0.39 is 0 Å². The molecule has 3 heteroatoms. The summed E-state index contributed by atoms with van der Waals surface area (Å²) in [6.07, 6.45) is 1.11. The molecule has 1 heterocycles. The van der Waals surface area contributed by atoms with Crippen LogP contribution in [0.1, 0.15) is 24.5 Å². The van der Waals surface area contributed by atoms with Crippen LogP contribution in [0.4, 0.5) is 0 Å². The van der Waals surface area contributed by atoms with Crippen molar-refractivity contribution in [2.45, 2.75) is 33.3 Å². The lowest BCUT2D eigenvalue weighted by Crippen LogP contribution is -2.40. The fourth-order valence-electron chi connectivity index (χ4n) is 2.04. The van der Waals surface area contributed by atoms with Crippen molar-refractivity contribution < 1.29 is 4.74 Å². The van der Waals surface area contributed by atoms with E-state index in [2.05, 4.69) is 42.4 Å². The molecule has 3 nitrogen and oxygen atoms in total. The molecule has 0 spiro atoms. The molecule has 2 rings (SSSR count). The Kier molecular flexibility index (Phi) is 3.67. The minimum Gasteiger partial charge on any atom is -0.482 e. The van der Waals surface area contributed by atoms with Gasteiger partial charge >= 0.3 is 0 Å². The molecule has 0 radical (unpaired) electrons. The Hall–Kier alpha value is -1.51. The highest BCUT2D eigenvalue weighted by atomic mass is 16.5. The normalized spacial score (nSPS) is 17.0. The molecule has 0 fully saturated rings. The highest BCUT2D eigenvalue weighted by Crippen LogP contribution is 2.23. The van der Waals surface area contributed by atoms with E-state index in [-0.39, 0.29) is 6.10 Å². The monoisotopic (exact) mass is 232 g/mol.